The molecule has 1 aromatic rings. The van der Waals surface area contributed by atoms with E-state index in [9.17, 15) is 22.8 Å². The number of nitriles is 1. The van der Waals surface area contributed by atoms with Crippen LogP contribution in [0.3, 0.4) is 0 Å². The number of carbonyl (C=O) groups excluding carboxylic acids is 2. The maximum atomic E-state index is 12.4. The van der Waals surface area contributed by atoms with E-state index in [0.717, 1.165) is 0 Å². The molecule has 1 amide bonds. The molecule has 10 heteroatoms. The van der Waals surface area contributed by atoms with Gasteiger partial charge >= 0.3 is 12.1 Å². The SMILES string of the molecule is N#CCC(=O)OCC(=O)Nc1ncc(C(F)(F)F)cc1Cl. The average molecular weight is 322 g/mol. The standard InChI is InChI=1S/C11H7ClF3N3O3/c12-7-3-6(11(13,14)15)4-17-10(7)18-8(19)5-21-9(20)1-2-16/h3-4H,1,5H2,(H,17,18,19). The molecule has 0 aromatic carbocycles. The molecule has 6 nitrogen and oxygen atoms in total. The summed E-state index contributed by atoms with van der Waals surface area (Å²) in [5.74, 6) is -2.06. The number of halogens is 4. The maximum absolute atomic E-state index is 12.4. The van der Waals surface area contributed by atoms with E-state index in [-0.39, 0.29) is 5.82 Å². The van der Waals surface area contributed by atoms with Crippen molar-refractivity contribution in [1.29, 1.82) is 5.26 Å². The van der Waals surface area contributed by atoms with Crippen LogP contribution in [-0.2, 0) is 20.5 Å². The van der Waals surface area contributed by atoms with E-state index in [1.807, 2.05) is 0 Å². The Morgan fingerprint density at radius 3 is 2.67 bits per heavy atom. The molecule has 0 unspecified atom stereocenters. The number of ether oxygens (including phenoxy) is 1. The van der Waals surface area contributed by atoms with Crippen LogP contribution >= 0.6 is 11.6 Å². The number of rotatable bonds is 4. The first-order valence-corrected chi connectivity index (χ1v) is 5.67. The van der Waals surface area contributed by atoms with E-state index >= 15 is 0 Å². The van der Waals surface area contributed by atoms with E-state index in [4.69, 9.17) is 16.9 Å². The first kappa shape index (κ1) is 16.7. The van der Waals surface area contributed by atoms with Gasteiger partial charge < -0.3 is 10.1 Å². The number of hydrogen-bond donors (Lipinski definition) is 1. The lowest BCUT2D eigenvalue weighted by Crippen LogP contribution is -2.21. The fraction of sp³-hybridized carbons (Fsp3) is 0.273. The van der Waals surface area contributed by atoms with Crippen molar-refractivity contribution in [3.05, 3.63) is 22.8 Å². The lowest BCUT2D eigenvalue weighted by atomic mass is 10.3. The summed E-state index contributed by atoms with van der Waals surface area (Å²) in [6.45, 7) is -0.709. The van der Waals surface area contributed by atoms with Crippen molar-refractivity contribution >= 4 is 29.3 Å². The third-order valence-electron chi connectivity index (χ3n) is 2.01. The molecule has 0 aliphatic carbocycles. The summed E-state index contributed by atoms with van der Waals surface area (Å²) in [5, 5.41) is 9.86. The van der Waals surface area contributed by atoms with Gasteiger partial charge in [0.1, 0.15) is 6.42 Å². The molecule has 0 saturated carbocycles. The van der Waals surface area contributed by atoms with Crippen molar-refractivity contribution in [2.24, 2.45) is 0 Å². The highest BCUT2D eigenvalue weighted by Crippen LogP contribution is 2.32. The van der Waals surface area contributed by atoms with Gasteiger partial charge in [0.2, 0.25) is 0 Å². The van der Waals surface area contributed by atoms with E-state index in [2.05, 4.69) is 15.0 Å². The van der Waals surface area contributed by atoms with Gasteiger partial charge in [-0.15, -0.1) is 0 Å². The minimum atomic E-state index is -4.61. The number of carbonyl (C=O) groups is 2. The normalized spacial score (nSPS) is 10.6. The lowest BCUT2D eigenvalue weighted by Gasteiger charge is -2.10. The van der Waals surface area contributed by atoms with Gasteiger partial charge in [0.15, 0.2) is 12.4 Å². The van der Waals surface area contributed by atoms with E-state index in [1.54, 1.807) is 0 Å². The highest BCUT2D eigenvalue weighted by atomic mass is 35.5. The lowest BCUT2D eigenvalue weighted by molar-refractivity contribution is -0.146. The van der Waals surface area contributed by atoms with E-state index < -0.39 is 41.7 Å². The van der Waals surface area contributed by atoms with Gasteiger partial charge in [-0.3, -0.25) is 9.59 Å². The largest absolute Gasteiger partial charge is 0.455 e. The van der Waals surface area contributed by atoms with Crippen LogP contribution in [0.4, 0.5) is 19.0 Å². The zero-order valence-electron chi connectivity index (χ0n) is 10.2. The molecule has 0 atom stereocenters. The Morgan fingerprint density at radius 2 is 2.14 bits per heavy atom. The zero-order valence-corrected chi connectivity index (χ0v) is 11.0. The van der Waals surface area contributed by atoms with Gasteiger partial charge in [-0.2, -0.15) is 18.4 Å². The fourth-order valence-corrected chi connectivity index (χ4v) is 1.33. The number of aromatic nitrogens is 1. The monoisotopic (exact) mass is 321 g/mol. The molecule has 1 heterocycles. The second kappa shape index (κ2) is 6.90. The Morgan fingerprint density at radius 1 is 1.48 bits per heavy atom. The van der Waals surface area contributed by atoms with E-state index in [1.165, 1.54) is 6.07 Å². The van der Waals surface area contributed by atoms with Crippen molar-refractivity contribution in [1.82, 2.24) is 4.98 Å². The van der Waals surface area contributed by atoms with Crippen molar-refractivity contribution in [3.63, 3.8) is 0 Å². The van der Waals surface area contributed by atoms with Crippen LogP contribution < -0.4 is 5.32 Å². The molecule has 0 bridgehead atoms. The first-order chi connectivity index (χ1) is 9.74. The molecular weight excluding hydrogens is 315 g/mol. The summed E-state index contributed by atoms with van der Waals surface area (Å²) in [6.07, 6.45) is -4.62. The number of nitrogens with one attached hydrogen (secondary N) is 1. The first-order valence-electron chi connectivity index (χ1n) is 5.29. The van der Waals surface area contributed by atoms with Crippen LogP contribution in [-0.4, -0.2) is 23.5 Å². The highest BCUT2D eigenvalue weighted by molar-refractivity contribution is 6.33. The molecule has 0 saturated heterocycles. The summed E-state index contributed by atoms with van der Waals surface area (Å²) in [5.41, 5.74) is -1.06. The smallest absolute Gasteiger partial charge is 0.417 e. The Hall–Kier alpha value is -2.34. The van der Waals surface area contributed by atoms with E-state index in [0.29, 0.717) is 12.3 Å². The van der Waals surface area contributed by atoms with Crippen LogP contribution in [0.1, 0.15) is 12.0 Å². The van der Waals surface area contributed by atoms with Gasteiger partial charge in [-0.05, 0) is 6.07 Å². The van der Waals surface area contributed by atoms with Crippen LogP contribution in [0.15, 0.2) is 12.3 Å². The Labute approximate surface area is 121 Å². The third kappa shape index (κ3) is 5.27. The zero-order chi connectivity index (χ0) is 16.0. The topological polar surface area (TPSA) is 92.1 Å². The number of esters is 1. The minimum absolute atomic E-state index is 0.300. The fourth-order valence-electron chi connectivity index (χ4n) is 1.11. The van der Waals surface area contributed by atoms with Crippen LogP contribution in [0.5, 0.6) is 0 Å². The molecule has 0 aliphatic heterocycles. The molecule has 0 fully saturated rings. The van der Waals surface area contributed by atoms with Crippen LogP contribution in [0.25, 0.3) is 0 Å². The summed E-state index contributed by atoms with van der Waals surface area (Å²) in [4.78, 5) is 25.6. The second-order valence-corrected chi connectivity index (χ2v) is 4.00. The van der Waals surface area contributed by atoms with Crippen molar-refractivity contribution in [2.75, 3.05) is 11.9 Å². The predicted molar refractivity (Wildman–Crippen MR) is 64.1 cm³/mol. The average Bonchev–Trinajstić information content (AvgIpc) is 2.38. The quantitative estimate of drug-likeness (QED) is 0.858. The van der Waals surface area contributed by atoms with Gasteiger partial charge in [-0.25, -0.2) is 4.98 Å². The van der Waals surface area contributed by atoms with Gasteiger partial charge in [0.05, 0.1) is 16.7 Å². The molecule has 1 rings (SSSR count). The van der Waals surface area contributed by atoms with Gasteiger partial charge in [-0.1, -0.05) is 11.6 Å². The summed E-state index contributed by atoms with van der Waals surface area (Å²) < 4.78 is 41.5. The minimum Gasteiger partial charge on any atom is -0.455 e. The van der Waals surface area contributed by atoms with Crippen molar-refractivity contribution in [2.45, 2.75) is 12.6 Å². The van der Waals surface area contributed by atoms with Crippen LogP contribution in [0, 0.1) is 11.3 Å². The number of hydrogen-bond acceptors (Lipinski definition) is 5. The molecule has 0 aliphatic rings. The second-order valence-electron chi connectivity index (χ2n) is 3.60. The Bertz CT molecular complexity index is 599. The third-order valence-corrected chi connectivity index (χ3v) is 2.30. The number of pyridine rings is 1. The summed E-state index contributed by atoms with van der Waals surface area (Å²) in [6, 6.07) is 2.13. The molecule has 0 radical (unpaired) electrons. The molecule has 0 spiro atoms. The highest BCUT2D eigenvalue weighted by Gasteiger charge is 2.31. The Balaban J connectivity index is 2.65. The molecule has 112 valence electrons. The molecule has 1 aromatic heterocycles. The number of anilines is 1. The molecule has 21 heavy (non-hydrogen) atoms. The van der Waals surface area contributed by atoms with Gasteiger partial charge in [0.25, 0.3) is 5.91 Å². The number of amides is 1. The number of nitrogens with zero attached hydrogens (tertiary/aromatic N) is 2. The number of alkyl halides is 3. The molecular formula is C11H7ClF3N3O3. The maximum Gasteiger partial charge on any atom is 0.417 e. The Kier molecular flexibility index (Phi) is 5.49. The van der Waals surface area contributed by atoms with Gasteiger partial charge in [0, 0.05) is 6.20 Å². The predicted octanol–water partition coefficient (Wildman–Crippen LogP) is 2.15. The van der Waals surface area contributed by atoms with Crippen molar-refractivity contribution in [3.8, 4) is 6.07 Å². The summed E-state index contributed by atoms with van der Waals surface area (Å²) in [7, 11) is 0. The summed E-state index contributed by atoms with van der Waals surface area (Å²) >= 11 is 5.56. The van der Waals surface area contributed by atoms with Crippen molar-refractivity contribution < 1.29 is 27.5 Å². The van der Waals surface area contributed by atoms with Crippen LogP contribution in [0.2, 0.25) is 5.02 Å². The molecule has 1 N–H and O–H groups in total.